The van der Waals surface area contributed by atoms with E-state index in [4.69, 9.17) is 0 Å². The first-order valence-corrected chi connectivity index (χ1v) is 4.80. The third-order valence-corrected chi connectivity index (χ3v) is 2.18. The molecule has 17 heavy (non-hydrogen) atoms. The molecule has 0 radical (unpaired) electrons. The van der Waals surface area contributed by atoms with Crippen LogP contribution in [0.25, 0.3) is 11.4 Å². The molecular weight excluding hydrogens is 231 g/mol. The van der Waals surface area contributed by atoms with Gasteiger partial charge in [-0.1, -0.05) is 0 Å². The molecule has 0 fully saturated rings. The van der Waals surface area contributed by atoms with Crippen molar-refractivity contribution in [2.45, 2.75) is 13.1 Å². The van der Waals surface area contributed by atoms with Crippen LogP contribution in [-0.2, 0) is 6.18 Å². The Morgan fingerprint density at radius 3 is 2.35 bits per heavy atom. The highest BCUT2D eigenvalue weighted by Crippen LogP contribution is 2.30. The fraction of sp³-hybridized carbons (Fsp3) is 0.182. The molecule has 0 bridgehead atoms. The van der Waals surface area contributed by atoms with Gasteiger partial charge in [-0.15, -0.1) is 0 Å². The van der Waals surface area contributed by atoms with Crippen LogP contribution in [0, 0.1) is 6.92 Å². The summed E-state index contributed by atoms with van der Waals surface area (Å²) in [5.41, 5.74) is -0.389. The van der Waals surface area contributed by atoms with E-state index >= 15 is 0 Å². The fourth-order valence-electron chi connectivity index (χ4n) is 1.37. The molecule has 0 amide bonds. The minimum absolute atomic E-state index is 0.00954. The zero-order valence-electron chi connectivity index (χ0n) is 8.86. The van der Waals surface area contributed by atoms with Crippen LogP contribution in [0.3, 0.4) is 0 Å². The van der Waals surface area contributed by atoms with Gasteiger partial charge in [0.2, 0.25) is 0 Å². The van der Waals surface area contributed by atoms with Gasteiger partial charge < -0.3 is 0 Å². The second-order valence-corrected chi connectivity index (χ2v) is 3.46. The number of halogens is 3. The Hall–Kier alpha value is -1.98. The quantitative estimate of drug-likeness (QED) is 0.768. The van der Waals surface area contributed by atoms with Crippen LogP contribution >= 0.6 is 0 Å². The van der Waals surface area contributed by atoms with Crippen molar-refractivity contribution >= 4 is 0 Å². The second kappa shape index (κ2) is 4.12. The topological polar surface area (TPSA) is 38.7 Å². The first-order chi connectivity index (χ1) is 7.98. The maximum absolute atomic E-state index is 12.6. The summed E-state index contributed by atoms with van der Waals surface area (Å²) in [6, 6.07) is 3.12. The lowest BCUT2D eigenvalue weighted by atomic mass is 10.2. The van der Waals surface area contributed by atoms with Gasteiger partial charge >= 0.3 is 6.18 Å². The minimum atomic E-state index is -4.46. The van der Waals surface area contributed by atoms with E-state index in [0.29, 0.717) is 5.56 Å². The lowest BCUT2D eigenvalue weighted by Gasteiger charge is -2.09. The third-order valence-electron chi connectivity index (χ3n) is 2.18. The summed E-state index contributed by atoms with van der Waals surface area (Å²) in [5, 5.41) is 0. The Kier molecular flexibility index (Phi) is 2.79. The average molecular weight is 239 g/mol. The molecule has 0 spiro atoms. The molecule has 0 atom stereocenters. The highest BCUT2D eigenvalue weighted by molar-refractivity contribution is 5.53. The molecular formula is C11H8F3N3. The first kappa shape index (κ1) is 11.5. The van der Waals surface area contributed by atoms with Crippen molar-refractivity contribution in [3.63, 3.8) is 0 Å². The highest BCUT2D eigenvalue weighted by Gasteiger charge is 2.34. The normalized spacial score (nSPS) is 11.5. The van der Waals surface area contributed by atoms with Crippen LogP contribution in [0.2, 0.25) is 0 Å². The van der Waals surface area contributed by atoms with Crippen LogP contribution in [0.4, 0.5) is 13.2 Å². The summed E-state index contributed by atoms with van der Waals surface area (Å²) in [7, 11) is 0. The monoisotopic (exact) mass is 239 g/mol. The molecule has 88 valence electrons. The van der Waals surface area contributed by atoms with Gasteiger partial charge in [-0.05, 0) is 24.6 Å². The molecule has 0 aliphatic rings. The van der Waals surface area contributed by atoms with Crippen molar-refractivity contribution in [1.29, 1.82) is 0 Å². The smallest absolute Gasteiger partial charge is 0.265 e. The van der Waals surface area contributed by atoms with E-state index in [1.165, 1.54) is 25.5 Å². The van der Waals surface area contributed by atoms with Gasteiger partial charge in [-0.25, -0.2) is 9.97 Å². The Labute approximate surface area is 95.4 Å². The first-order valence-electron chi connectivity index (χ1n) is 4.80. The molecule has 2 aromatic rings. The lowest BCUT2D eigenvalue weighted by molar-refractivity contribution is -0.141. The zero-order valence-corrected chi connectivity index (χ0v) is 8.86. The predicted octanol–water partition coefficient (Wildman–Crippen LogP) is 2.87. The molecule has 2 heterocycles. The van der Waals surface area contributed by atoms with E-state index < -0.39 is 11.9 Å². The summed E-state index contributed by atoms with van der Waals surface area (Å²) in [4.78, 5) is 11.2. The van der Waals surface area contributed by atoms with Crippen molar-refractivity contribution in [1.82, 2.24) is 15.0 Å². The van der Waals surface area contributed by atoms with Crippen molar-refractivity contribution in [2.75, 3.05) is 0 Å². The number of aryl methyl sites for hydroxylation is 1. The van der Waals surface area contributed by atoms with Gasteiger partial charge in [0.25, 0.3) is 0 Å². The summed E-state index contributed by atoms with van der Waals surface area (Å²) >= 11 is 0. The zero-order chi connectivity index (χ0) is 12.5. The summed E-state index contributed by atoms with van der Waals surface area (Å²) in [6.45, 7) is 1.33. The van der Waals surface area contributed by atoms with E-state index in [1.807, 2.05) is 0 Å². The Balaban J connectivity index is 2.53. The van der Waals surface area contributed by atoms with E-state index in [-0.39, 0.29) is 11.4 Å². The van der Waals surface area contributed by atoms with Crippen molar-refractivity contribution < 1.29 is 13.2 Å². The molecule has 0 unspecified atom stereocenters. The molecule has 0 saturated carbocycles. The number of nitrogens with zero attached hydrogens (tertiary/aromatic N) is 3. The number of pyridine rings is 1. The van der Waals surface area contributed by atoms with Gasteiger partial charge in [-0.3, -0.25) is 4.98 Å². The Morgan fingerprint density at radius 2 is 1.76 bits per heavy atom. The van der Waals surface area contributed by atoms with Crippen LogP contribution in [0.5, 0.6) is 0 Å². The van der Waals surface area contributed by atoms with Gasteiger partial charge in [-0.2, -0.15) is 13.2 Å². The average Bonchev–Trinajstić information content (AvgIpc) is 2.29. The van der Waals surface area contributed by atoms with Crippen LogP contribution < -0.4 is 0 Å². The fourth-order valence-corrected chi connectivity index (χ4v) is 1.37. The van der Waals surface area contributed by atoms with Gasteiger partial charge in [0.05, 0.1) is 0 Å². The molecule has 6 heteroatoms. The predicted molar refractivity (Wildman–Crippen MR) is 55.0 cm³/mol. The number of hydrogen-bond donors (Lipinski definition) is 0. The maximum Gasteiger partial charge on any atom is 0.433 e. The molecule has 0 saturated heterocycles. The molecule has 0 aliphatic heterocycles. The molecule has 2 aromatic heterocycles. The minimum Gasteiger partial charge on any atom is -0.265 e. The largest absolute Gasteiger partial charge is 0.433 e. The number of alkyl halides is 3. The van der Waals surface area contributed by atoms with Gasteiger partial charge in [0, 0.05) is 24.2 Å². The highest BCUT2D eigenvalue weighted by atomic mass is 19.4. The van der Waals surface area contributed by atoms with Crippen molar-refractivity contribution in [3.05, 3.63) is 42.0 Å². The van der Waals surface area contributed by atoms with Crippen molar-refractivity contribution in [2.24, 2.45) is 0 Å². The van der Waals surface area contributed by atoms with Crippen molar-refractivity contribution in [3.8, 4) is 11.4 Å². The third kappa shape index (κ3) is 2.41. The van der Waals surface area contributed by atoms with E-state index in [1.54, 1.807) is 12.1 Å². The molecule has 3 nitrogen and oxygen atoms in total. The Bertz CT molecular complexity index is 523. The van der Waals surface area contributed by atoms with E-state index in [2.05, 4.69) is 15.0 Å². The molecule has 2 rings (SSSR count). The van der Waals surface area contributed by atoms with Gasteiger partial charge in [0.15, 0.2) is 11.5 Å². The maximum atomic E-state index is 12.6. The summed E-state index contributed by atoms with van der Waals surface area (Å²) in [5.74, 6) is 0.0466. The summed E-state index contributed by atoms with van der Waals surface area (Å²) < 4.78 is 37.9. The van der Waals surface area contributed by atoms with Crippen LogP contribution in [0.15, 0.2) is 30.7 Å². The SMILES string of the molecule is Cc1cnc(-c2ccncc2)nc1C(F)(F)F. The Morgan fingerprint density at radius 1 is 1.12 bits per heavy atom. The second-order valence-electron chi connectivity index (χ2n) is 3.46. The molecule has 0 N–H and O–H groups in total. The molecule has 0 aliphatic carbocycles. The lowest BCUT2D eigenvalue weighted by Crippen LogP contribution is -2.11. The number of hydrogen-bond acceptors (Lipinski definition) is 3. The number of rotatable bonds is 1. The van der Waals surface area contributed by atoms with Crippen LogP contribution in [-0.4, -0.2) is 15.0 Å². The molecule has 0 aromatic carbocycles. The van der Waals surface area contributed by atoms with Gasteiger partial charge in [0.1, 0.15) is 0 Å². The van der Waals surface area contributed by atoms with E-state index in [0.717, 1.165) is 0 Å². The number of aromatic nitrogens is 3. The van der Waals surface area contributed by atoms with Crippen LogP contribution in [0.1, 0.15) is 11.3 Å². The van der Waals surface area contributed by atoms with E-state index in [9.17, 15) is 13.2 Å². The summed E-state index contributed by atoms with van der Waals surface area (Å²) in [6.07, 6.45) is -0.335. The standard InChI is InChI=1S/C11H8F3N3/c1-7-6-16-10(8-2-4-15-5-3-8)17-9(7)11(12,13)14/h2-6H,1H3.